The largest absolute Gasteiger partial charge is 0.494 e. The van der Waals surface area contributed by atoms with Crippen molar-refractivity contribution in [1.29, 1.82) is 0 Å². The molecule has 1 amide bonds. The summed E-state index contributed by atoms with van der Waals surface area (Å²) in [5, 5.41) is 8.87. The van der Waals surface area contributed by atoms with Gasteiger partial charge >= 0.3 is 12.1 Å². The number of nitrogens with one attached hydrogen (secondary N) is 1. The van der Waals surface area contributed by atoms with Crippen molar-refractivity contribution in [2.45, 2.75) is 70.6 Å². The van der Waals surface area contributed by atoms with Gasteiger partial charge in [0.05, 0.1) is 25.2 Å². The lowest BCUT2D eigenvalue weighted by atomic mass is 9.94. The molecule has 2 saturated heterocycles. The number of benzene rings is 1. The van der Waals surface area contributed by atoms with Crippen LogP contribution in [0.2, 0.25) is 0 Å². The normalized spacial score (nSPS) is 22.4. The second kappa shape index (κ2) is 10.3. The van der Waals surface area contributed by atoms with Gasteiger partial charge in [0.25, 0.3) is 0 Å². The fourth-order valence-corrected chi connectivity index (χ4v) is 3.93. The summed E-state index contributed by atoms with van der Waals surface area (Å²) in [5.41, 5.74) is 3.51. The molecular weight excluding hydrogens is 400 g/mol. The Morgan fingerprint density at radius 1 is 1.19 bits per heavy atom. The Labute approximate surface area is 183 Å². The molecule has 0 aliphatic carbocycles. The summed E-state index contributed by atoms with van der Waals surface area (Å²) in [5.74, 6) is 0.506. The average molecular weight is 435 g/mol. The van der Waals surface area contributed by atoms with E-state index in [0.29, 0.717) is 18.9 Å². The number of carboxylic acid groups (broad SMARTS) is 1. The van der Waals surface area contributed by atoms with Crippen molar-refractivity contribution < 1.29 is 29.0 Å². The first-order valence-corrected chi connectivity index (χ1v) is 11.0. The lowest BCUT2D eigenvalue weighted by Gasteiger charge is -2.33. The van der Waals surface area contributed by atoms with Gasteiger partial charge in [-0.3, -0.25) is 9.63 Å². The fraction of sp³-hybridized carbons (Fsp3) is 0.652. The van der Waals surface area contributed by atoms with E-state index in [9.17, 15) is 9.59 Å². The lowest BCUT2D eigenvalue weighted by molar-refractivity contribution is -0.140. The summed E-state index contributed by atoms with van der Waals surface area (Å²) >= 11 is 0. The van der Waals surface area contributed by atoms with Crippen LogP contribution >= 0.6 is 0 Å². The third-order valence-electron chi connectivity index (χ3n) is 5.62. The van der Waals surface area contributed by atoms with Crippen molar-refractivity contribution in [3.63, 3.8) is 0 Å². The van der Waals surface area contributed by atoms with Crippen LogP contribution in [0.4, 0.5) is 4.79 Å². The van der Waals surface area contributed by atoms with E-state index >= 15 is 0 Å². The molecule has 0 aromatic heterocycles. The number of hydrogen-bond donors (Lipinski definition) is 2. The first-order valence-electron chi connectivity index (χ1n) is 11.0. The number of nitrogens with zero attached hydrogens (tertiary/aromatic N) is 1. The molecule has 2 unspecified atom stereocenters. The van der Waals surface area contributed by atoms with Gasteiger partial charge in [0.15, 0.2) is 0 Å². The number of ether oxygens (including phenoxy) is 2. The summed E-state index contributed by atoms with van der Waals surface area (Å²) in [6, 6.07) is 7.84. The van der Waals surface area contributed by atoms with Gasteiger partial charge in [0.2, 0.25) is 0 Å². The molecule has 3 rings (SSSR count). The van der Waals surface area contributed by atoms with Crippen LogP contribution in [0.1, 0.15) is 64.5 Å². The minimum absolute atomic E-state index is 0.00138. The van der Waals surface area contributed by atoms with E-state index in [0.717, 1.165) is 43.7 Å². The quantitative estimate of drug-likeness (QED) is 0.671. The number of carbonyl (C=O) groups is 2. The molecule has 8 heteroatoms. The minimum atomic E-state index is -0.855. The summed E-state index contributed by atoms with van der Waals surface area (Å²) in [7, 11) is 0. The molecule has 2 fully saturated rings. The van der Waals surface area contributed by atoms with Crippen LogP contribution in [0.3, 0.4) is 0 Å². The van der Waals surface area contributed by atoms with Crippen molar-refractivity contribution in [3.05, 3.63) is 29.8 Å². The Bertz CT molecular complexity index is 737. The SMILES string of the molecule is CC(C)(C)OC(=O)N1CCC(CCOc2ccc(C3CC(CC(=O)O)ON3)cc2)CC1. The van der Waals surface area contributed by atoms with Gasteiger partial charge in [-0.1, -0.05) is 12.1 Å². The van der Waals surface area contributed by atoms with Gasteiger partial charge in [-0.2, -0.15) is 5.48 Å². The van der Waals surface area contributed by atoms with E-state index in [1.54, 1.807) is 4.90 Å². The number of carboxylic acids is 1. The number of hydrogen-bond acceptors (Lipinski definition) is 6. The molecule has 2 atom stereocenters. The van der Waals surface area contributed by atoms with Gasteiger partial charge in [-0.25, -0.2) is 4.79 Å². The molecule has 2 heterocycles. The molecule has 0 bridgehead atoms. The summed E-state index contributed by atoms with van der Waals surface area (Å²) in [6.45, 7) is 7.75. The van der Waals surface area contributed by atoms with E-state index < -0.39 is 11.6 Å². The molecule has 31 heavy (non-hydrogen) atoms. The molecule has 0 spiro atoms. The summed E-state index contributed by atoms with van der Waals surface area (Å²) in [4.78, 5) is 30.1. The fourth-order valence-electron chi connectivity index (χ4n) is 3.93. The molecule has 1 aromatic carbocycles. The number of likely N-dealkylation sites (tertiary alicyclic amines) is 1. The van der Waals surface area contributed by atoms with E-state index in [4.69, 9.17) is 19.4 Å². The first-order chi connectivity index (χ1) is 14.7. The third-order valence-corrected chi connectivity index (χ3v) is 5.62. The van der Waals surface area contributed by atoms with Crippen LogP contribution in [0.25, 0.3) is 0 Å². The molecule has 2 aliphatic rings. The van der Waals surface area contributed by atoms with E-state index in [1.165, 1.54) is 0 Å². The van der Waals surface area contributed by atoms with Crippen molar-refractivity contribution in [1.82, 2.24) is 10.4 Å². The van der Waals surface area contributed by atoms with Crippen LogP contribution in [0.15, 0.2) is 24.3 Å². The Morgan fingerprint density at radius 3 is 2.48 bits per heavy atom. The van der Waals surface area contributed by atoms with Crippen LogP contribution in [-0.2, 0) is 14.4 Å². The van der Waals surface area contributed by atoms with Crippen molar-refractivity contribution in [3.8, 4) is 5.75 Å². The zero-order chi connectivity index (χ0) is 22.4. The minimum Gasteiger partial charge on any atom is -0.494 e. The Kier molecular flexibility index (Phi) is 7.78. The highest BCUT2D eigenvalue weighted by Crippen LogP contribution is 2.28. The lowest BCUT2D eigenvalue weighted by Crippen LogP contribution is -2.41. The zero-order valence-corrected chi connectivity index (χ0v) is 18.6. The Morgan fingerprint density at radius 2 is 1.87 bits per heavy atom. The number of rotatable bonds is 7. The van der Waals surface area contributed by atoms with Gasteiger partial charge in [0, 0.05) is 13.1 Å². The topological polar surface area (TPSA) is 97.3 Å². The number of aliphatic carboxylic acids is 1. The Balaban J connectivity index is 1.35. The summed E-state index contributed by atoms with van der Waals surface area (Å²) in [6.07, 6.45) is 2.99. The number of carbonyl (C=O) groups excluding carboxylic acids is 1. The highest BCUT2D eigenvalue weighted by molar-refractivity contribution is 5.68. The summed E-state index contributed by atoms with van der Waals surface area (Å²) < 4.78 is 11.4. The molecule has 172 valence electrons. The maximum atomic E-state index is 12.1. The molecule has 0 radical (unpaired) electrons. The molecule has 8 nitrogen and oxygen atoms in total. The predicted molar refractivity (Wildman–Crippen MR) is 115 cm³/mol. The van der Waals surface area contributed by atoms with Crippen molar-refractivity contribution >= 4 is 12.1 Å². The van der Waals surface area contributed by atoms with Crippen molar-refractivity contribution in [2.75, 3.05) is 19.7 Å². The maximum Gasteiger partial charge on any atom is 0.410 e. The van der Waals surface area contributed by atoms with Gasteiger partial charge in [-0.15, -0.1) is 0 Å². The van der Waals surface area contributed by atoms with Gasteiger partial charge in [0.1, 0.15) is 11.4 Å². The molecule has 2 N–H and O–H groups in total. The van der Waals surface area contributed by atoms with E-state index in [2.05, 4.69) is 5.48 Å². The van der Waals surface area contributed by atoms with Crippen LogP contribution in [-0.4, -0.2) is 53.5 Å². The van der Waals surface area contributed by atoms with E-state index in [1.807, 2.05) is 45.0 Å². The average Bonchev–Trinajstić information content (AvgIpc) is 3.15. The van der Waals surface area contributed by atoms with Crippen LogP contribution in [0, 0.1) is 5.92 Å². The monoisotopic (exact) mass is 434 g/mol. The number of piperidine rings is 1. The smallest absolute Gasteiger partial charge is 0.410 e. The predicted octanol–water partition coefficient (Wildman–Crippen LogP) is 3.91. The zero-order valence-electron chi connectivity index (χ0n) is 18.6. The molecule has 2 aliphatic heterocycles. The molecular formula is C23H34N2O6. The number of hydroxylamine groups is 1. The van der Waals surface area contributed by atoms with Gasteiger partial charge in [-0.05, 0) is 70.1 Å². The second-order valence-electron chi connectivity index (χ2n) is 9.36. The third kappa shape index (κ3) is 7.40. The second-order valence-corrected chi connectivity index (χ2v) is 9.36. The highest BCUT2D eigenvalue weighted by atomic mass is 16.7. The maximum absolute atomic E-state index is 12.1. The first kappa shape index (κ1) is 23.3. The Hall–Kier alpha value is -2.32. The van der Waals surface area contributed by atoms with Gasteiger partial charge < -0.3 is 19.5 Å². The standard InChI is InChI=1S/C23H34N2O6/c1-23(2,3)30-22(28)25-11-8-16(9-12-25)10-13-29-18-6-4-17(5-7-18)20-14-19(31-24-20)15-21(26)27/h4-7,16,19-20,24H,8-15H2,1-3H3,(H,26,27). The van der Waals surface area contributed by atoms with Crippen LogP contribution in [0.5, 0.6) is 5.75 Å². The van der Waals surface area contributed by atoms with E-state index in [-0.39, 0.29) is 24.7 Å². The molecule has 1 aromatic rings. The number of amides is 1. The van der Waals surface area contributed by atoms with Crippen molar-refractivity contribution in [2.24, 2.45) is 5.92 Å². The van der Waals surface area contributed by atoms with Crippen LogP contribution < -0.4 is 10.2 Å². The molecule has 0 saturated carbocycles. The highest BCUT2D eigenvalue weighted by Gasteiger charge is 2.29.